The van der Waals surface area contributed by atoms with Crippen molar-refractivity contribution in [1.82, 2.24) is 5.32 Å². The molecule has 72 valence electrons. The zero-order chi connectivity index (χ0) is 9.78. The lowest BCUT2D eigenvalue weighted by atomic mass is 9.99. The van der Waals surface area contributed by atoms with Gasteiger partial charge in [-0.25, -0.2) is 0 Å². The Hall–Kier alpha value is -0.570. The second kappa shape index (κ2) is 4.45. The molecule has 0 aliphatic rings. The van der Waals surface area contributed by atoms with Gasteiger partial charge in [0.15, 0.2) is 0 Å². The average molecular weight is 172 g/mol. The fraction of sp³-hybridized carbons (Fsp3) is 0.889. The molecule has 0 aromatic carbocycles. The first kappa shape index (κ1) is 11.4. The van der Waals surface area contributed by atoms with Gasteiger partial charge in [0, 0.05) is 6.04 Å². The van der Waals surface area contributed by atoms with Crippen LogP contribution in [-0.2, 0) is 4.79 Å². The van der Waals surface area contributed by atoms with E-state index in [4.69, 9.17) is 5.73 Å². The number of nitrogens with one attached hydrogen (secondary N) is 1. The normalized spacial score (nSPS) is 18.1. The minimum Gasteiger partial charge on any atom is -0.352 e. The lowest BCUT2D eigenvalue weighted by Crippen LogP contribution is -2.53. The van der Waals surface area contributed by atoms with Gasteiger partial charge in [-0.2, -0.15) is 0 Å². The van der Waals surface area contributed by atoms with E-state index in [0.29, 0.717) is 6.42 Å². The van der Waals surface area contributed by atoms with Gasteiger partial charge in [0.05, 0.1) is 5.54 Å². The maximum absolute atomic E-state index is 11.4. The van der Waals surface area contributed by atoms with Crippen molar-refractivity contribution in [2.45, 2.75) is 52.1 Å². The first-order chi connectivity index (χ1) is 5.44. The molecular formula is C9H20N2O. The Kier molecular flexibility index (Phi) is 4.24. The quantitative estimate of drug-likeness (QED) is 0.665. The number of hydrogen-bond acceptors (Lipinski definition) is 2. The van der Waals surface area contributed by atoms with E-state index in [1.54, 1.807) is 6.92 Å². The van der Waals surface area contributed by atoms with Crippen LogP contribution >= 0.6 is 0 Å². The molecule has 2 atom stereocenters. The van der Waals surface area contributed by atoms with Crippen molar-refractivity contribution in [3.8, 4) is 0 Å². The molecule has 0 aliphatic heterocycles. The maximum atomic E-state index is 11.4. The third-order valence-corrected chi connectivity index (χ3v) is 2.24. The van der Waals surface area contributed by atoms with Crippen LogP contribution in [0.15, 0.2) is 0 Å². The van der Waals surface area contributed by atoms with Crippen LogP contribution in [0.25, 0.3) is 0 Å². The first-order valence-electron chi connectivity index (χ1n) is 4.53. The van der Waals surface area contributed by atoms with E-state index in [0.717, 1.165) is 6.42 Å². The minimum atomic E-state index is -0.719. The van der Waals surface area contributed by atoms with Gasteiger partial charge < -0.3 is 11.1 Å². The van der Waals surface area contributed by atoms with Gasteiger partial charge in [-0.15, -0.1) is 0 Å². The van der Waals surface area contributed by atoms with Gasteiger partial charge in [-0.3, -0.25) is 4.79 Å². The molecule has 12 heavy (non-hydrogen) atoms. The van der Waals surface area contributed by atoms with E-state index in [9.17, 15) is 4.79 Å². The number of carbonyl (C=O) groups is 1. The van der Waals surface area contributed by atoms with Gasteiger partial charge in [0.1, 0.15) is 0 Å². The smallest absolute Gasteiger partial charge is 0.239 e. The zero-order valence-corrected chi connectivity index (χ0v) is 8.48. The highest BCUT2D eigenvalue weighted by Gasteiger charge is 2.26. The fourth-order valence-electron chi connectivity index (χ4n) is 0.651. The van der Waals surface area contributed by atoms with E-state index >= 15 is 0 Å². The third kappa shape index (κ3) is 3.22. The number of nitrogens with two attached hydrogens (primary N) is 1. The van der Waals surface area contributed by atoms with Crippen LogP contribution in [0.5, 0.6) is 0 Å². The lowest BCUT2D eigenvalue weighted by Gasteiger charge is -2.23. The highest BCUT2D eigenvalue weighted by atomic mass is 16.2. The summed E-state index contributed by atoms with van der Waals surface area (Å²) < 4.78 is 0. The summed E-state index contributed by atoms with van der Waals surface area (Å²) in [6.45, 7) is 7.68. The van der Waals surface area contributed by atoms with Crippen LogP contribution in [-0.4, -0.2) is 17.5 Å². The molecule has 0 rings (SSSR count). The summed E-state index contributed by atoms with van der Waals surface area (Å²) in [5, 5.41) is 2.86. The van der Waals surface area contributed by atoms with E-state index in [1.165, 1.54) is 0 Å². The van der Waals surface area contributed by atoms with Gasteiger partial charge in [0.2, 0.25) is 5.91 Å². The second-order valence-electron chi connectivity index (χ2n) is 3.55. The molecule has 3 heteroatoms. The Balaban J connectivity index is 4.03. The van der Waals surface area contributed by atoms with Gasteiger partial charge in [0.25, 0.3) is 0 Å². The molecule has 0 aliphatic carbocycles. The molecular weight excluding hydrogens is 152 g/mol. The molecule has 0 heterocycles. The van der Waals surface area contributed by atoms with Crippen LogP contribution in [0.2, 0.25) is 0 Å². The molecule has 3 N–H and O–H groups in total. The number of hydrogen-bond donors (Lipinski definition) is 2. The van der Waals surface area contributed by atoms with Gasteiger partial charge >= 0.3 is 0 Å². The SMILES string of the molecule is CCC(C)NC(=O)C(C)(N)CC. The maximum Gasteiger partial charge on any atom is 0.239 e. The molecule has 0 spiro atoms. The van der Waals surface area contributed by atoms with Crippen molar-refractivity contribution in [1.29, 1.82) is 0 Å². The molecule has 0 aromatic heterocycles. The van der Waals surface area contributed by atoms with Crippen LogP contribution in [0.4, 0.5) is 0 Å². The van der Waals surface area contributed by atoms with Crippen molar-refractivity contribution in [2.75, 3.05) is 0 Å². The molecule has 0 saturated heterocycles. The standard InChI is InChI=1S/C9H20N2O/c1-5-7(3)11-8(12)9(4,10)6-2/h7H,5-6,10H2,1-4H3,(H,11,12). The van der Waals surface area contributed by atoms with E-state index < -0.39 is 5.54 Å². The Morgan fingerprint density at radius 2 is 2.08 bits per heavy atom. The van der Waals surface area contributed by atoms with Crippen molar-refractivity contribution < 1.29 is 4.79 Å². The molecule has 0 bridgehead atoms. The summed E-state index contributed by atoms with van der Waals surface area (Å²) >= 11 is 0. The predicted molar refractivity (Wildman–Crippen MR) is 50.8 cm³/mol. The van der Waals surface area contributed by atoms with Gasteiger partial charge in [-0.05, 0) is 26.7 Å². The van der Waals surface area contributed by atoms with E-state index in [-0.39, 0.29) is 11.9 Å². The largest absolute Gasteiger partial charge is 0.352 e. The summed E-state index contributed by atoms with van der Waals surface area (Å²) in [4.78, 5) is 11.4. The van der Waals surface area contributed by atoms with Crippen molar-refractivity contribution in [2.24, 2.45) is 5.73 Å². The van der Waals surface area contributed by atoms with Crippen LogP contribution < -0.4 is 11.1 Å². The van der Waals surface area contributed by atoms with E-state index in [2.05, 4.69) is 5.32 Å². The van der Waals surface area contributed by atoms with Crippen molar-refractivity contribution >= 4 is 5.91 Å². The van der Waals surface area contributed by atoms with Crippen LogP contribution in [0.3, 0.4) is 0 Å². The van der Waals surface area contributed by atoms with Crippen LogP contribution in [0.1, 0.15) is 40.5 Å². The van der Waals surface area contributed by atoms with E-state index in [1.807, 2.05) is 20.8 Å². The Labute approximate surface area is 74.7 Å². The van der Waals surface area contributed by atoms with Crippen molar-refractivity contribution in [3.63, 3.8) is 0 Å². The molecule has 3 nitrogen and oxygen atoms in total. The zero-order valence-electron chi connectivity index (χ0n) is 8.48. The monoisotopic (exact) mass is 172 g/mol. The predicted octanol–water partition coefficient (Wildman–Crippen LogP) is 1.03. The minimum absolute atomic E-state index is 0.0562. The number of carbonyl (C=O) groups excluding carboxylic acids is 1. The topological polar surface area (TPSA) is 55.1 Å². The molecule has 1 amide bonds. The summed E-state index contributed by atoms with van der Waals surface area (Å²) in [6.07, 6.45) is 1.60. The number of amides is 1. The third-order valence-electron chi connectivity index (χ3n) is 2.24. The highest BCUT2D eigenvalue weighted by Crippen LogP contribution is 2.05. The fourth-order valence-corrected chi connectivity index (χ4v) is 0.651. The Morgan fingerprint density at radius 3 is 2.42 bits per heavy atom. The van der Waals surface area contributed by atoms with Crippen molar-refractivity contribution in [3.05, 3.63) is 0 Å². The molecule has 2 unspecified atom stereocenters. The first-order valence-corrected chi connectivity index (χ1v) is 4.53. The molecule has 0 fully saturated rings. The average Bonchev–Trinajstić information content (AvgIpc) is 2.04. The highest BCUT2D eigenvalue weighted by molar-refractivity contribution is 5.85. The lowest BCUT2D eigenvalue weighted by molar-refractivity contribution is -0.126. The Morgan fingerprint density at radius 1 is 1.58 bits per heavy atom. The van der Waals surface area contributed by atoms with Crippen LogP contribution in [0, 0.1) is 0 Å². The second-order valence-corrected chi connectivity index (χ2v) is 3.55. The summed E-state index contributed by atoms with van der Waals surface area (Å²) in [7, 11) is 0. The molecule has 0 radical (unpaired) electrons. The molecule has 0 aromatic rings. The summed E-state index contributed by atoms with van der Waals surface area (Å²) in [5.41, 5.74) is 5.03. The Bertz CT molecular complexity index is 155. The number of rotatable bonds is 4. The van der Waals surface area contributed by atoms with Gasteiger partial charge in [-0.1, -0.05) is 13.8 Å². The molecule has 0 saturated carbocycles. The summed E-state index contributed by atoms with van der Waals surface area (Å²) in [6, 6.07) is 0.215. The summed E-state index contributed by atoms with van der Waals surface area (Å²) in [5.74, 6) is -0.0562.